The highest BCUT2D eigenvalue weighted by molar-refractivity contribution is 4.88. The van der Waals surface area contributed by atoms with Gasteiger partial charge in [0.05, 0.1) is 0 Å². The number of alkyl halides is 6. The molecular weight excluding hydrogens is 214 g/mol. The van der Waals surface area contributed by atoms with E-state index in [1.807, 2.05) is 0 Å². The van der Waals surface area contributed by atoms with Crippen LogP contribution in [-0.4, -0.2) is 31.0 Å². The van der Waals surface area contributed by atoms with Crippen LogP contribution in [0.3, 0.4) is 0 Å². The van der Waals surface area contributed by atoms with E-state index in [4.69, 9.17) is 0 Å². The minimum Gasteiger partial charge on any atom is -0.366 e. The lowest BCUT2D eigenvalue weighted by atomic mass is 10.1. The number of halogens is 6. The second-order valence-corrected chi connectivity index (χ2v) is 2.77. The van der Waals surface area contributed by atoms with Gasteiger partial charge in [-0.2, -0.15) is 8.78 Å². The standard InChI is InChI=1S/C7H10F6O/c1-3-14-4(6(2,10)11)7(12,13)5(8)9/h4-5H,3H2,1-2H3. The molecule has 0 radical (unpaired) electrons. The predicted molar refractivity (Wildman–Crippen MR) is 37.0 cm³/mol. The van der Waals surface area contributed by atoms with Gasteiger partial charge in [-0.25, -0.2) is 17.6 Å². The first-order valence-electron chi connectivity index (χ1n) is 3.79. The Morgan fingerprint density at radius 3 is 1.79 bits per heavy atom. The molecule has 0 saturated heterocycles. The summed E-state index contributed by atoms with van der Waals surface area (Å²) >= 11 is 0. The predicted octanol–water partition coefficient (Wildman–Crippen LogP) is 2.95. The van der Waals surface area contributed by atoms with E-state index in [0.29, 0.717) is 0 Å². The smallest absolute Gasteiger partial charge is 0.338 e. The van der Waals surface area contributed by atoms with E-state index >= 15 is 0 Å². The van der Waals surface area contributed by atoms with Crippen molar-refractivity contribution in [3.8, 4) is 0 Å². The Morgan fingerprint density at radius 1 is 1.14 bits per heavy atom. The van der Waals surface area contributed by atoms with Crippen LogP contribution in [0.25, 0.3) is 0 Å². The summed E-state index contributed by atoms with van der Waals surface area (Å²) in [6, 6.07) is 0. The highest BCUT2D eigenvalue weighted by Gasteiger charge is 2.58. The molecule has 0 amide bonds. The Hall–Kier alpha value is -0.460. The average molecular weight is 224 g/mol. The van der Waals surface area contributed by atoms with E-state index in [0.717, 1.165) is 0 Å². The summed E-state index contributed by atoms with van der Waals surface area (Å²) in [5, 5.41) is 0. The Labute approximate surface area is 77.0 Å². The Bertz CT molecular complexity index is 176. The van der Waals surface area contributed by atoms with Crippen molar-refractivity contribution in [1.82, 2.24) is 0 Å². The van der Waals surface area contributed by atoms with Crippen LogP contribution < -0.4 is 0 Å². The Kier molecular flexibility index (Phi) is 4.23. The fourth-order valence-corrected chi connectivity index (χ4v) is 0.876. The lowest BCUT2D eigenvalue weighted by Gasteiger charge is -2.30. The zero-order chi connectivity index (χ0) is 11.6. The quantitative estimate of drug-likeness (QED) is 0.652. The molecule has 0 N–H and O–H groups in total. The summed E-state index contributed by atoms with van der Waals surface area (Å²) in [6.07, 6.45) is -7.27. The summed E-state index contributed by atoms with van der Waals surface area (Å²) in [5.41, 5.74) is 0. The lowest BCUT2D eigenvalue weighted by Crippen LogP contribution is -2.51. The molecule has 86 valence electrons. The fourth-order valence-electron chi connectivity index (χ4n) is 0.876. The molecule has 0 aliphatic carbocycles. The van der Waals surface area contributed by atoms with Crippen LogP contribution in [-0.2, 0) is 4.74 Å². The first-order chi connectivity index (χ1) is 6.14. The molecule has 1 atom stereocenters. The van der Waals surface area contributed by atoms with Crippen LogP contribution in [0.2, 0.25) is 0 Å². The molecule has 7 heteroatoms. The summed E-state index contributed by atoms with van der Waals surface area (Å²) in [7, 11) is 0. The van der Waals surface area contributed by atoms with Crippen LogP contribution in [0.5, 0.6) is 0 Å². The minimum atomic E-state index is -4.85. The Morgan fingerprint density at radius 2 is 1.57 bits per heavy atom. The summed E-state index contributed by atoms with van der Waals surface area (Å²) in [4.78, 5) is 0. The third-order valence-corrected chi connectivity index (χ3v) is 1.43. The zero-order valence-electron chi connectivity index (χ0n) is 7.54. The SMILES string of the molecule is CCOC(C(C)(F)F)C(F)(F)C(F)F. The van der Waals surface area contributed by atoms with Gasteiger partial charge in [0.25, 0.3) is 5.92 Å². The van der Waals surface area contributed by atoms with Gasteiger partial charge in [-0.3, -0.25) is 0 Å². The second-order valence-electron chi connectivity index (χ2n) is 2.77. The first kappa shape index (κ1) is 13.5. The van der Waals surface area contributed by atoms with Crippen molar-refractivity contribution in [2.45, 2.75) is 38.2 Å². The number of rotatable bonds is 5. The first-order valence-corrected chi connectivity index (χ1v) is 3.79. The van der Waals surface area contributed by atoms with Crippen LogP contribution >= 0.6 is 0 Å². The highest BCUT2D eigenvalue weighted by Crippen LogP contribution is 2.37. The van der Waals surface area contributed by atoms with Gasteiger partial charge >= 0.3 is 12.3 Å². The number of ether oxygens (including phenoxy) is 1. The van der Waals surface area contributed by atoms with Crippen molar-refractivity contribution in [3.05, 3.63) is 0 Å². The van der Waals surface area contributed by atoms with Crippen molar-refractivity contribution < 1.29 is 31.1 Å². The van der Waals surface area contributed by atoms with Crippen molar-refractivity contribution in [3.63, 3.8) is 0 Å². The van der Waals surface area contributed by atoms with Crippen molar-refractivity contribution in [2.24, 2.45) is 0 Å². The zero-order valence-corrected chi connectivity index (χ0v) is 7.54. The maximum atomic E-state index is 12.5. The summed E-state index contributed by atoms with van der Waals surface area (Å²) in [5.74, 6) is -8.87. The third kappa shape index (κ3) is 3.04. The van der Waals surface area contributed by atoms with E-state index in [2.05, 4.69) is 4.74 Å². The minimum absolute atomic E-state index is 0.115. The molecule has 0 rings (SSSR count). The van der Waals surface area contributed by atoms with Gasteiger partial charge in [0.2, 0.25) is 0 Å². The van der Waals surface area contributed by atoms with Crippen LogP contribution in [0.1, 0.15) is 13.8 Å². The van der Waals surface area contributed by atoms with Crippen LogP contribution in [0.4, 0.5) is 26.3 Å². The monoisotopic (exact) mass is 224 g/mol. The van der Waals surface area contributed by atoms with E-state index < -0.39 is 31.0 Å². The highest BCUT2D eigenvalue weighted by atomic mass is 19.3. The van der Waals surface area contributed by atoms with E-state index in [1.54, 1.807) is 0 Å². The maximum absolute atomic E-state index is 12.5. The van der Waals surface area contributed by atoms with Crippen molar-refractivity contribution >= 4 is 0 Å². The maximum Gasteiger partial charge on any atom is 0.338 e. The molecule has 0 aliphatic rings. The molecule has 1 nitrogen and oxygen atoms in total. The van der Waals surface area contributed by atoms with Crippen molar-refractivity contribution in [2.75, 3.05) is 6.61 Å². The molecule has 1 unspecified atom stereocenters. The largest absolute Gasteiger partial charge is 0.366 e. The van der Waals surface area contributed by atoms with Crippen molar-refractivity contribution in [1.29, 1.82) is 0 Å². The fraction of sp³-hybridized carbons (Fsp3) is 1.00. The molecule has 0 saturated carbocycles. The average Bonchev–Trinajstić information content (AvgIpc) is 1.97. The third-order valence-electron chi connectivity index (χ3n) is 1.43. The van der Waals surface area contributed by atoms with Gasteiger partial charge < -0.3 is 4.74 Å². The summed E-state index contributed by atoms with van der Waals surface area (Å²) < 4.78 is 77.5. The van der Waals surface area contributed by atoms with E-state index in [9.17, 15) is 26.3 Å². The molecule has 0 heterocycles. The number of hydrogen-bond acceptors (Lipinski definition) is 1. The normalized spacial score (nSPS) is 16.1. The van der Waals surface area contributed by atoms with Gasteiger partial charge in [0.1, 0.15) is 0 Å². The summed E-state index contributed by atoms with van der Waals surface area (Å²) in [6.45, 7) is 0.792. The lowest BCUT2D eigenvalue weighted by molar-refractivity contribution is -0.264. The van der Waals surface area contributed by atoms with E-state index in [1.165, 1.54) is 6.92 Å². The van der Waals surface area contributed by atoms with Gasteiger partial charge in [0.15, 0.2) is 6.10 Å². The van der Waals surface area contributed by atoms with E-state index in [-0.39, 0.29) is 6.92 Å². The Balaban J connectivity index is 4.82. The van der Waals surface area contributed by atoms with Gasteiger partial charge in [0, 0.05) is 13.5 Å². The van der Waals surface area contributed by atoms with Gasteiger partial charge in [-0.1, -0.05) is 0 Å². The molecule has 0 bridgehead atoms. The second kappa shape index (κ2) is 4.37. The molecule has 0 aromatic carbocycles. The van der Waals surface area contributed by atoms with Gasteiger partial charge in [-0.15, -0.1) is 0 Å². The molecule has 0 aromatic rings. The topological polar surface area (TPSA) is 9.23 Å². The molecular formula is C7H10F6O. The van der Waals surface area contributed by atoms with Crippen LogP contribution in [0, 0.1) is 0 Å². The molecule has 0 spiro atoms. The molecule has 0 fully saturated rings. The van der Waals surface area contributed by atoms with Gasteiger partial charge in [-0.05, 0) is 6.92 Å². The molecule has 14 heavy (non-hydrogen) atoms. The molecule has 0 aliphatic heterocycles. The number of hydrogen-bond donors (Lipinski definition) is 0. The van der Waals surface area contributed by atoms with Crippen LogP contribution in [0.15, 0.2) is 0 Å². The molecule has 0 aromatic heterocycles.